The molecule has 2 aromatic carbocycles. The minimum absolute atomic E-state index is 0.360. The van der Waals surface area contributed by atoms with Gasteiger partial charge in [0.25, 0.3) is 5.52 Å². The maximum Gasteiger partial charge on any atom is 0.270 e. The van der Waals surface area contributed by atoms with Gasteiger partial charge >= 0.3 is 0 Å². The standard InChI is InChI=1S/C18H16N4O3/c1-12-10-19-21-16-9-14(7-8-15(16)22(23)20-18(12)21)25-11-13-5-3-4-6-17(13)24-2/h3-10H,11H2,1-2H3. The molecule has 0 fully saturated rings. The van der Waals surface area contributed by atoms with Gasteiger partial charge < -0.3 is 14.7 Å². The SMILES string of the molecule is COc1ccccc1COc1ccc2c(c1)n1ncc(C)c1n[n+]2[O-]. The molecule has 4 aromatic rings. The lowest BCUT2D eigenvalue weighted by molar-refractivity contribution is -0.640. The van der Waals surface area contributed by atoms with Gasteiger partial charge in [0, 0.05) is 28.4 Å². The molecule has 2 heterocycles. The summed E-state index contributed by atoms with van der Waals surface area (Å²) in [5.74, 6) is 1.41. The van der Waals surface area contributed by atoms with Gasteiger partial charge in [-0.05, 0) is 23.9 Å². The Balaban J connectivity index is 1.72. The lowest BCUT2D eigenvalue weighted by atomic mass is 10.2. The van der Waals surface area contributed by atoms with Crippen LogP contribution >= 0.6 is 0 Å². The second kappa shape index (κ2) is 5.94. The fraction of sp³-hybridized carbons (Fsp3) is 0.167. The Morgan fingerprint density at radius 1 is 1.20 bits per heavy atom. The highest BCUT2D eigenvalue weighted by Gasteiger charge is 2.15. The van der Waals surface area contributed by atoms with E-state index >= 15 is 0 Å². The van der Waals surface area contributed by atoms with E-state index in [1.54, 1.807) is 36.0 Å². The van der Waals surface area contributed by atoms with Gasteiger partial charge in [-0.3, -0.25) is 0 Å². The Labute approximate surface area is 143 Å². The monoisotopic (exact) mass is 336 g/mol. The second-order valence-corrected chi connectivity index (χ2v) is 5.69. The molecule has 0 saturated heterocycles. The number of hydrogen-bond acceptors (Lipinski definition) is 5. The summed E-state index contributed by atoms with van der Waals surface area (Å²) in [5, 5.41) is 20.4. The normalized spacial score (nSPS) is 11.1. The van der Waals surface area contributed by atoms with Gasteiger partial charge in [0.15, 0.2) is 0 Å². The number of fused-ring (bicyclic) bond motifs is 3. The average molecular weight is 336 g/mol. The molecule has 0 amide bonds. The number of ether oxygens (including phenoxy) is 2. The number of para-hydroxylation sites is 1. The van der Waals surface area contributed by atoms with E-state index < -0.39 is 0 Å². The predicted octanol–water partition coefficient (Wildman–Crippen LogP) is 2.41. The minimum Gasteiger partial charge on any atom is -0.594 e. The van der Waals surface area contributed by atoms with E-state index in [1.165, 1.54) is 0 Å². The largest absolute Gasteiger partial charge is 0.594 e. The van der Waals surface area contributed by atoms with Crippen molar-refractivity contribution in [1.82, 2.24) is 14.7 Å². The molecule has 126 valence electrons. The summed E-state index contributed by atoms with van der Waals surface area (Å²) >= 11 is 0. The Morgan fingerprint density at radius 3 is 2.88 bits per heavy atom. The zero-order chi connectivity index (χ0) is 17.4. The zero-order valence-corrected chi connectivity index (χ0v) is 13.8. The molecular weight excluding hydrogens is 320 g/mol. The van der Waals surface area contributed by atoms with Crippen molar-refractivity contribution in [2.24, 2.45) is 0 Å². The van der Waals surface area contributed by atoms with Gasteiger partial charge in [0.1, 0.15) is 23.6 Å². The van der Waals surface area contributed by atoms with Gasteiger partial charge in [-0.15, -0.1) is 0 Å². The minimum atomic E-state index is 0.360. The summed E-state index contributed by atoms with van der Waals surface area (Å²) < 4.78 is 12.9. The summed E-state index contributed by atoms with van der Waals surface area (Å²) in [6.07, 6.45) is 1.68. The Kier molecular flexibility index (Phi) is 3.61. The number of methoxy groups -OCH3 is 1. The number of aryl methyl sites for hydroxylation is 1. The van der Waals surface area contributed by atoms with Crippen LogP contribution in [0.2, 0.25) is 0 Å². The molecule has 0 aliphatic carbocycles. The van der Waals surface area contributed by atoms with Crippen LogP contribution in [0.3, 0.4) is 0 Å². The molecule has 2 aromatic heterocycles. The van der Waals surface area contributed by atoms with Crippen LogP contribution in [0.4, 0.5) is 0 Å². The number of rotatable bonds is 4. The molecule has 0 aliphatic rings. The summed E-state index contributed by atoms with van der Waals surface area (Å²) in [6.45, 7) is 2.22. The predicted molar refractivity (Wildman–Crippen MR) is 91.5 cm³/mol. The Hall–Kier alpha value is -3.35. The van der Waals surface area contributed by atoms with Crippen LogP contribution < -0.4 is 14.3 Å². The highest BCUT2D eigenvalue weighted by atomic mass is 16.5. The molecule has 0 N–H and O–H groups in total. The molecule has 0 saturated carbocycles. The van der Waals surface area contributed by atoms with E-state index in [9.17, 15) is 5.21 Å². The number of aromatic nitrogens is 4. The lowest BCUT2D eigenvalue weighted by Gasteiger charge is -2.10. The molecule has 25 heavy (non-hydrogen) atoms. The zero-order valence-electron chi connectivity index (χ0n) is 13.8. The highest BCUT2D eigenvalue weighted by molar-refractivity contribution is 5.75. The fourth-order valence-electron chi connectivity index (χ4n) is 2.77. The van der Waals surface area contributed by atoms with Crippen molar-refractivity contribution >= 4 is 16.7 Å². The van der Waals surface area contributed by atoms with Gasteiger partial charge in [-0.2, -0.15) is 5.10 Å². The van der Waals surface area contributed by atoms with Crippen molar-refractivity contribution in [2.75, 3.05) is 7.11 Å². The van der Waals surface area contributed by atoms with Crippen LogP contribution in [0.1, 0.15) is 11.1 Å². The Bertz CT molecular complexity index is 1070. The van der Waals surface area contributed by atoms with Crippen LogP contribution in [0, 0.1) is 12.1 Å². The van der Waals surface area contributed by atoms with Gasteiger partial charge in [-0.25, -0.2) is 4.52 Å². The van der Waals surface area contributed by atoms with Crippen LogP contribution in [-0.4, -0.2) is 21.8 Å². The van der Waals surface area contributed by atoms with E-state index in [0.717, 1.165) is 16.9 Å². The maximum atomic E-state index is 12.1. The first kappa shape index (κ1) is 15.2. The average Bonchev–Trinajstić information content (AvgIpc) is 3.01. The first-order valence-electron chi connectivity index (χ1n) is 7.80. The molecular formula is C18H16N4O3. The van der Waals surface area contributed by atoms with Crippen molar-refractivity contribution in [3.63, 3.8) is 0 Å². The van der Waals surface area contributed by atoms with Crippen LogP contribution in [0.5, 0.6) is 11.5 Å². The highest BCUT2D eigenvalue weighted by Crippen LogP contribution is 2.23. The molecule has 0 unspecified atom stereocenters. The fourth-order valence-corrected chi connectivity index (χ4v) is 2.77. The molecule has 0 radical (unpaired) electrons. The summed E-state index contributed by atoms with van der Waals surface area (Å²) in [4.78, 5) is 0.614. The third-order valence-electron chi connectivity index (χ3n) is 4.07. The van der Waals surface area contributed by atoms with Gasteiger partial charge in [0.2, 0.25) is 5.65 Å². The van der Waals surface area contributed by atoms with E-state index in [-0.39, 0.29) is 0 Å². The van der Waals surface area contributed by atoms with E-state index in [0.29, 0.717) is 33.9 Å². The number of nitrogens with zero attached hydrogens (tertiary/aromatic N) is 4. The third-order valence-corrected chi connectivity index (χ3v) is 4.07. The maximum absolute atomic E-state index is 12.1. The summed E-state index contributed by atoms with van der Waals surface area (Å²) in [5.41, 5.74) is 3.39. The van der Waals surface area contributed by atoms with E-state index in [1.807, 2.05) is 31.2 Å². The Morgan fingerprint density at radius 2 is 2.04 bits per heavy atom. The van der Waals surface area contributed by atoms with Gasteiger partial charge in [-0.1, -0.05) is 18.2 Å². The van der Waals surface area contributed by atoms with Crippen LogP contribution in [-0.2, 0) is 6.61 Å². The van der Waals surface area contributed by atoms with Crippen LogP contribution in [0.25, 0.3) is 16.7 Å². The number of hydrogen-bond donors (Lipinski definition) is 0. The molecule has 4 rings (SSSR count). The second-order valence-electron chi connectivity index (χ2n) is 5.69. The smallest absolute Gasteiger partial charge is 0.270 e. The summed E-state index contributed by atoms with van der Waals surface area (Å²) in [6, 6.07) is 12.9. The van der Waals surface area contributed by atoms with Crippen molar-refractivity contribution in [2.45, 2.75) is 13.5 Å². The van der Waals surface area contributed by atoms with E-state index in [4.69, 9.17) is 9.47 Å². The van der Waals surface area contributed by atoms with E-state index in [2.05, 4.69) is 10.2 Å². The molecule has 7 heteroatoms. The van der Waals surface area contributed by atoms with Crippen LogP contribution in [0.15, 0.2) is 48.7 Å². The first-order valence-corrected chi connectivity index (χ1v) is 7.80. The lowest BCUT2D eigenvalue weighted by Crippen LogP contribution is -2.33. The van der Waals surface area contributed by atoms with Crippen molar-refractivity contribution < 1.29 is 14.3 Å². The summed E-state index contributed by atoms with van der Waals surface area (Å²) in [7, 11) is 1.63. The molecule has 0 bridgehead atoms. The quantitative estimate of drug-likeness (QED) is 0.422. The number of benzene rings is 2. The van der Waals surface area contributed by atoms with Crippen molar-refractivity contribution in [3.05, 3.63) is 65.0 Å². The first-order chi connectivity index (χ1) is 12.2. The molecule has 0 atom stereocenters. The topological polar surface area (TPSA) is 75.6 Å². The van der Waals surface area contributed by atoms with Crippen molar-refractivity contribution in [3.8, 4) is 11.5 Å². The van der Waals surface area contributed by atoms with Gasteiger partial charge in [0.05, 0.1) is 13.3 Å². The molecule has 0 spiro atoms. The molecule has 0 aliphatic heterocycles. The van der Waals surface area contributed by atoms with Crippen molar-refractivity contribution in [1.29, 1.82) is 0 Å². The third kappa shape index (κ3) is 2.59. The molecule has 7 nitrogen and oxygen atoms in total.